The summed E-state index contributed by atoms with van der Waals surface area (Å²) in [7, 11) is 0. The Kier molecular flexibility index (Phi) is 5.89. The third-order valence-electron chi connectivity index (χ3n) is 4.44. The first kappa shape index (κ1) is 19.8. The van der Waals surface area contributed by atoms with E-state index < -0.39 is 5.92 Å². The summed E-state index contributed by atoms with van der Waals surface area (Å²) in [5.74, 6) is -0.863. The van der Waals surface area contributed by atoms with Crippen molar-refractivity contribution in [2.45, 2.75) is 12.8 Å². The van der Waals surface area contributed by atoms with Crippen LogP contribution >= 0.6 is 23.2 Å². The van der Waals surface area contributed by atoms with E-state index in [1.165, 1.54) is 0 Å². The van der Waals surface area contributed by atoms with E-state index in [0.717, 1.165) is 11.1 Å². The van der Waals surface area contributed by atoms with Crippen molar-refractivity contribution in [2.24, 2.45) is 0 Å². The molecule has 6 heteroatoms. The van der Waals surface area contributed by atoms with Gasteiger partial charge in [0.15, 0.2) is 0 Å². The number of carbonyl (C=O) groups excluding carboxylic acids is 1. The first-order valence-corrected chi connectivity index (χ1v) is 9.27. The minimum Gasteiger partial charge on any atom is -0.398 e. The molecular formula is C22H17Cl2N3O. The largest absolute Gasteiger partial charge is 0.398 e. The second-order valence-electron chi connectivity index (χ2n) is 6.34. The zero-order chi connectivity index (χ0) is 20.3. The Morgan fingerprint density at radius 3 is 2.43 bits per heavy atom. The van der Waals surface area contributed by atoms with E-state index in [0.29, 0.717) is 32.5 Å². The standard InChI is InChI=1S/C22H17Cl2N3O/c1-13-10-17(18(12-25)14-6-8-15(23)9-7-14)19(24)11-21(13)27-22(28)16-4-2-3-5-20(16)26/h2-11,18H,26H2,1H3,(H,27,28). The van der Waals surface area contributed by atoms with Gasteiger partial charge in [-0.15, -0.1) is 0 Å². The van der Waals surface area contributed by atoms with Crippen molar-refractivity contribution < 1.29 is 4.79 Å². The van der Waals surface area contributed by atoms with Crippen LogP contribution in [0.15, 0.2) is 60.7 Å². The van der Waals surface area contributed by atoms with E-state index in [2.05, 4.69) is 11.4 Å². The average Bonchev–Trinajstić information content (AvgIpc) is 2.67. The number of benzene rings is 3. The highest BCUT2D eigenvalue weighted by molar-refractivity contribution is 6.32. The molecule has 0 radical (unpaired) electrons. The van der Waals surface area contributed by atoms with Crippen LogP contribution in [0.25, 0.3) is 0 Å². The number of hydrogen-bond acceptors (Lipinski definition) is 3. The van der Waals surface area contributed by atoms with Crippen LogP contribution in [0.2, 0.25) is 10.0 Å². The van der Waals surface area contributed by atoms with Crippen molar-refractivity contribution in [3.8, 4) is 6.07 Å². The van der Waals surface area contributed by atoms with Gasteiger partial charge in [-0.2, -0.15) is 5.26 Å². The van der Waals surface area contributed by atoms with Crippen LogP contribution in [0.1, 0.15) is 33.0 Å². The molecule has 3 aromatic carbocycles. The van der Waals surface area contributed by atoms with Crippen molar-refractivity contribution >= 4 is 40.5 Å². The molecule has 0 aliphatic heterocycles. The van der Waals surface area contributed by atoms with Gasteiger partial charge in [-0.05, 0) is 53.9 Å². The number of carbonyl (C=O) groups is 1. The summed E-state index contributed by atoms with van der Waals surface area (Å²) >= 11 is 12.4. The Morgan fingerprint density at radius 1 is 1.11 bits per heavy atom. The normalized spacial score (nSPS) is 11.5. The van der Waals surface area contributed by atoms with Gasteiger partial charge in [-0.3, -0.25) is 4.79 Å². The lowest BCUT2D eigenvalue weighted by Crippen LogP contribution is -2.15. The molecule has 4 nitrogen and oxygen atoms in total. The maximum atomic E-state index is 12.5. The molecular weight excluding hydrogens is 393 g/mol. The number of anilines is 2. The number of nitrogens with two attached hydrogens (primary N) is 1. The van der Waals surface area contributed by atoms with Crippen molar-refractivity contribution in [1.82, 2.24) is 0 Å². The molecule has 0 fully saturated rings. The summed E-state index contributed by atoms with van der Waals surface area (Å²) in [5, 5.41) is 13.5. The van der Waals surface area contributed by atoms with Crippen LogP contribution in [-0.2, 0) is 0 Å². The molecule has 28 heavy (non-hydrogen) atoms. The minimum absolute atomic E-state index is 0.320. The summed E-state index contributed by atoms with van der Waals surface area (Å²) in [6, 6.07) is 19.7. The van der Waals surface area contributed by atoms with Gasteiger partial charge in [-0.1, -0.05) is 53.5 Å². The third kappa shape index (κ3) is 4.12. The van der Waals surface area contributed by atoms with Gasteiger partial charge in [0, 0.05) is 21.4 Å². The van der Waals surface area contributed by atoms with E-state index >= 15 is 0 Å². The fourth-order valence-corrected chi connectivity index (χ4v) is 3.33. The molecule has 1 atom stereocenters. The molecule has 140 valence electrons. The summed E-state index contributed by atoms with van der Waals surface area (Å²) in [6.07, 6.45) is 0. The topological polar surface area (TPSA) is 78.9 Å². The number of nitriles is 1. The summed E-state index contributed by atoms with van der Waals surface area (Å²) in [5.41, 5.74) is 9.47. The number of rotatable bonds is 4. The summed E-state index contributed by atoms with van der Waals surface area (Å²) in [6.45, 7) is 1.85. The van der Waals surface area contributed by atoms with Crippen LogP contribution < -0.4 is 11.1 Å². The number of amides is 1. The molecule has 0 bridgehead atoms. The number of nitrogen functional groups attached to an aromatic ring is 1. The fourth-order valence-electron chi connectivity index (χ4n) is 2.93. The molecule has 0 aliphatic carbocycles. The molecule has 1 amide bonds. The van der Waals surface area contributed by atoms with Gasteiger partial charge in [0.1, 0.15) is 0 Å². The lowest BCUT2D eigenvalue weighted by molar-refractivity contribution is 0.102. The second-order valence-corrected chi connectivity index (χ2v) is 7.19. The Balaban J connectivity index is 1.92. The monoisotopic (exact) mass is 409 g/mol. The number of hydrogen-bond donors (Lipinski definition) is 2. The van der Waals surface area contributed by atoms with Crippen LogP contribution in [0, 0.1) is 18.3 Å². The van der Waals surface area contributed by atoms with E-state index in [1.807, 2.05) is 13.0 Å². The van der Waals surface area contributed by atoms with Crippen LogP contribution in [-0.4, -0.2) is 5.91 Å². The molecule has 3 rings (SSSR count). The van der Waals surface area contributed by atoms with E-state index in [1.54, 1.807) is 54.6 Å². The van der Waals surface area contributed by atoms with E-state index in [9.17, 15) is 10.1 Å². The van der Waals surface area contributed by atoms with Crippen LogP contribution in [0.4, 0.5) is 11.4 Å². The van der Waals surface area contributed by atoms with E-state index in [-0.39, 0.29) is 5.91 Å². The van der Waals surface area contributed by atoms with Crippen molar-refractivity contribution in [2.75, 3.05) is 11.1 Å². The van der Waals surface area contributed by atoms with Gasteiger partial charge in [0.2, 0.25) is 0 Å². The van der Waals surface area contributed by atoms with E-state index in [4.69, 9.17) is 28.9 Å². The van der Waals surface area contributed by atoms with Crippen molar-refractivity contribution in [1.29, 1.82) is 5.26 Å². The Hall–Kier alpha value is -3.00. The number of halogens is 2. The minimum atomic E-state index is -0.544. The number of para-hydroxylation sites is 1. The smallest absolute Gasteiger partial charge is 0.257 e. The highest BCUT2D eigenvalue weighted by atomic mass is 35.5. The van der Waals surface area contributed by atoms with Gasteiger partial charge < -0.3 is 11.1 Å². The number of aryl methyl sites for hydroxylation is 1. The molecule has 3 aromatic rings. The highest BCUT2D eigenvalue weighted by Crippen LogP contribution is 2.34. The van der Waals surface area contributed by atoms with Crippen LogP contribution in [0.5, 0.6) is 0 Å². The summed E-state index contributed by atoms with van der Waals surface area (Å²) in [4.78, 5) is 12.5. The molecule has 3 N–H and O–H groups in total. The lowest BCUT2D eigenvalue weighted by atomic mass is 9.91. The molecule has 0 saturated heterocycles. The molecule has 0 saturated carbocycles. The van der Waals surface area contributed by atoms with Gasteiger partial charge in [0.05, 0.1) is 17.6 Å². The molecule has 0 aliphatic rings. The van der Waals surface area contributed by atoms with Gasteiger partial charge in [-0.25, -0.2) is 0 Å². The predicted octanol–water partition coefficient (Wildman–Crippen LogP) is 5.79. The third-order valence-corrected chi connectivity index (χ3v) is 5.02. The number of nitrogens with one attached hydrogen (secondary N) is 1. The first-order valence-electron chi connectivity index (χ1n) is 8.51. The first-order chi connectivity index (χ1) is 13.4. The zero-order valence-corrected chi connectivity index (χ0v) is 16.6. The van der Waals surface area contributed by atoms with Crippen molar-refractivity contribution in [3.05, 3.63) is 93.0 Å². The highest BCUT2D eigenvalue weighted by Gasteiger charge is 2.19. The Bertz CT molecular complexity index is 1070. The molecule has 0 heterocycles. The quantitative estimate of drug-likeness (QED) is 0.534. The van der Waals surface area contributed by atoms with Gasteiger partial charge >= 0.3 is 0 Å². The lowest BCUT2D eigenvalue weighted by Gasteiger charge is -2.16. The Labute approximate surface area is 173 Å². The molecule has 0 spiro atoms. The molecule has 1 unspecified atom stereocenters. The fraction of sp³-hybridized carbons (Fsp3) is 0.0909. The maximum absolute atomic E-state index is 12.5. The van der Waals surface area contributed by atoms with Crippen molar-refractivity contribution in [3.63, 3.8) is 0 Å². The average molecular weight is 410 g/mol. The van der Waals surface area contributed by atoms with Gasteiger partial charge in [0.25, 0.3) is 5.91 Å². The van der Waals surface area contributed by atoms with Crippen LogP contribution in [0.3, 0.4) is 0 Å². The molecule has 0 aromatic heterocycles. The maximum Gasteiger partial charge on any atom is 0.257 e. The predicted molar refractivity (Wildman–Crippen MR) is 114 cm³/mol. The Morgan fingerprint density at radius 2 is 1.79 bits per heavy atom. The SMILES string of the molecule is Cc1cc(C(C#N)c2ccc(Cl)cc2)c(Cl)cc1NC(=O)c1ccccc1N. The zero-order valence-electron chi connectivity index (χ0n) is 15.0. The second kappa shape index (κ2) is 8.35. The summed E-state index contributed by atoms with van der Waals surface area (Å²) < 4.78 is 0. The number of nitrogens with zero attached hydrogens (tertiary/aromatic N) is 1.